The number of hydrogen-bond acceptors (Lipinski definition) is 3. The molecular formula is C14H16ClNO2. The predicted molar refractivity (Wildman–Crippen MR) is 71.9 cm³/mol. The molecule has 18 heavy (non-hydrogen) atoms. The second kappa shape index (κ2) is 5.31. The molecule has 2 heterocycles. The molecule has 1 fully saturated rings. The SMILES string of the molecule is Clc1oc2ccccc2c1CNCC1CCOC1. The lowest BCUT2D eigenvalue weighted by molar-refractivity contribution is 0.185. The lowest BCUT2D eigenvalue weighted by Gasteiger charge is -2.08. The molecule has 3 nitrogen and oxygen atoms in total. The third-order valence-corrected chi connectivity index (χ3v) is 3.71. The van der Waals surface area contributed by atoms with Crippen LogP contribution in [-0.4, -0.2) is 19.8 Å². The van der Waals surface area contributed by atoms with Gasteiger partial charge in [0.15, 0.2) is 5.22 Å². The summed E-state index contributed by atoms with van der Waals surface area (Å²) in [6, 6.07) is 7.94. The number of rotatable bonds is 4. The van der Waals surface area contributed by atoms with Gasteiger partial charge in [0.2, 0.25) is 0 Å². The van der Waals surface area contributed by atoms with Crippen LogP contribution in [0.3, 0.4) is 0 Å². The van der Waals surface area contributed by atoms with Crippen LogP contribution in [0, 0.1) is 5.92 Å². The van der Waals surface area contributed by atoms with Gasteiger partial charge in [0.1, 0.15) is 5.58 Å². The molecule has 1 saturated heterocycles. The van der Waals surface area contributed by atoms with Crippen LogP contribution >= 0.6 is 11.6 Å². The third kappa shape index (κ3) is 2.39. The van der Waals surface area contributed by atoms with Gasteiger partial charge in [-0.15, -0.1) is 0 Å². The Bertz CT molecular complexity index is 532. The van der Waals surface area contributed by atoms with Crippen LogP contribution in [0.2, 0.25) is 5.22 Å². The average molecular weight is 266 g/mol. The first-order valence-corrected chi connectivity index (χ1v) is 6.67. The Hall–Kier alpha value is -1.03. The summed E-state index contributed by atoms with van der Waals surface area (Å²) >= 11 is 6.13. The minimum Gasteiger partial charge on any atom is -0.444 e. The maximum atomic E-state index is 6.13. The fourth-order valence-corrected chi connectivity index (χ4v) is 2.63. The normalized spacial score (nSPS) is 19.7. The average Bonchev–Trinajstić information content (AvgIpc) is 2.98. The first-order chi connectivity index (χ1) is 8.84. The second-order valence-corrected chi connectivity index (χ2v) is 5.05. The van der Waals surface area contributed by atoms with E-state index in [1.807, 2.05) is 24.3 Å². The van der Waals surface area contributed by atoms with Crippen molar-refractivity contribution in [2.75, 3.05) is 19.8 Å². The number of fused-ring (bicyclic) bond motifs is 1. The van der Waals surface area contributed by atoms with Crippen molar-refractivity contribution in [3.63, 3.8) is 0 Å². The van der Waals surface area contributed by atoms with E-state index < -0.39 is 0 Å². The molecule has 0 radical (unpaired) electrons. The molecule has 1 aliphatic heterocycles. The maximum Gasteiger partial charge on any atom is 0.199 e. The fourth-order valence-electron chi connectivity index (χ4n) is 2.38. The molecule has 0 spiro atoms. The highest BCUT2D eigenvalue weighted by molar-refractivity contribution is 6.30. The van der Waals surface area contributed by atoms with Crippen molar-refractivity contribution in [2.24, 2.45) is 5.92 Å². The van der Waals surface area contributed by atoms with Gasteiger partial charge >= 0.3 is 0 Å². The van der Waals surface area contributed by atoms with E-state index in [9.17, 15) is 0 Å². The number of nitrogens with one attached hydrogen (secondary N) is 1. The van der Waals surface area contributed by atoms with Gasteiger partial charge in [-0.1, -0.05) is 18.2 Å². The zero-order valence-corrected chi connectivity index (χ0v) is 10.9. The summed E-state index contributed by atoms with van der Waals surface area (Å²) in [4.78, 5) is 0. The highest BCUT2D eigenvalue weighted by atomic mass is 35.5. The molecular weight excluding hydrogens is 250 g/mol. The van der Waals surface area contributed by atoms with Crippen LogP contribution in [0.5, 0.6) is 0 Å². The van der Waals surface area contributed by atoms with Gasteiger partial charge in [-0.25, -0.2) is 0 Å². The van der Waals surface area contributed by atoms with Crippen molar-refractivity contribution >= 4 is 22.6 Å². The quantitative estimate of drug-likeness (QED) is 0.922. The van der Waals surface area contributed by atoms with E-state index in [4.69, 9.17) is 20.8 Å². The van der Waals surface area contributed by atoms with Crippen molar-refractivity contribution < 1.29 is 9.15 Å². The van der Waals surface area contributed by atoms with Crippen molar-refractivity contribution in [3.8, 4) is 0 Å². The van der Waals surface area contributed by atoms with E-state index in [0.29, 0.717) is 11.1 Å². The van der Waals surface area contributed by atoms with Gasteiger partial charge in [-0.3, -0.25) is 0 Å². The largest absolute Gasteiger partial charge is 0.444 e. The summed E-state index contributed by atoms with van der Waals surface area (Å²) in [6.07, 6.45) is 1.15. The topological polar surface area (TPSA) is 34.4 Å². The maximum absolute atomic E-state index is 6.13. The van der Waals surface area contributed by atoms with E-state index in [1.165, 1.54) is 0 Å². The molecule has 0 bridgehead atoms. The highest BCUT2D eigenvalue weighted by Gasteiger charge is 2.16. The lowest BCUT2D eigenvalue weighted by Crippen LogP contribution is -2.22. The second-order valence-electron chi connectivity index (χ2n) is 4.71. The number of para-hydroxylation sites is 1. The first-order valence-electron chi connectivity index (χ1n) is 6.29. The zero-order chi connectivity index (χ0) is 12.4. The zero-order valence-electron chi connectivity index (χ0n) is 10.1. The molecule has 0 saturated carbocycles. The molecule has 1 atom stereocenters. The molecule has 3 rings (SSSR count). The summed E-state index contributed by atoms with van der Waals surface area (Å²) in [6.45, 7) is 3.47. The summed E-state index contributed by atoms with van der Waals surface area (Å²) in [7, 11) is 0. The van der Waals surface area contributed by atoms with Gasteiger partial charge in [-0.05, 0) is 30.0 Å². The van der Waals surface area contributed by atoms with Gasteiger partial charge in [0.25, 0.3) is 0 Å². The minimum atomic E-state index is 0.492. The van der Waals surface area contributed by atoms with Crippen molar-refractivity contribution in [3.05, 3.63) is 35.0 Å². The molecule has 1 aromatic carbocycles. The summed E-state index contributed by atoms with van der Waals surface area (Å²) in [5.41, 5.74) is 1.90. The van der Waals surface area contributed by atoms with E-state index in [2.05, 4.69) is 5.32 Å². The van der Waals surface area contributed by atoms with E-state index in [0.717, 1.165) is 49.3 Å². The van der Waals surface area contributed by atoms with E-state index in [-0.39, 0.29) is 0 Å². The van der Waals surface area contributed by atoms with Crippen LogP contribution in [0.25, 0.3) is 11.0 Å². The number of benzene rings is 1. The van der Waals surface area contributed by atoms with Gasteiger partial charge in [-0.2, -0.15) is 0 Å². The Morgan fingerprint density at radius 3 is 3.06 bits per heavy atom. The molecule has 2 aromatic rings. The molecule has 1 N–H and O–H groups in total. The Morgan fingerprint density at radius 1 is 1.33 bits per heavy atom. The molecule has 1 unspecified atom stereocenters. The molecule has 96 valence electrons. The standard InChI is InChI=1S/C14H16ClNO2/c15-14-12(8-16-7-10-5-6-17-9-10)11-3-1-2-4-13(11)18-14/h1-4,10,16H,5-9H2. The minimum absolute atomic E-state index is 0.492. The van der Waals surface area contributed by atoms with Crippen molar-refractivity contribution in [1.82, 2.24) is 5.32 Å². The van der Waals surface area contributed by atoms with Crippen molar-refractivity contribution in [2.45, 2.75) is 13.0 Å². The highest BCUT2D eigenvalue weighted by Crippen LogP contribution is 2.29. The van der Waals surface area contributed by atoms with Crippen LogP contribution in [0.15, 0.2) is 28.7 Å². The fraction of sp³-hybridized carbons (Fsp3) is 0.429. The van der Waals surface area contributed by atoms with Gasteiger partial charge in [0.05, 0.1) is 6.61 Å². The molecule has 4 heteroatoms. The first kappa shape index (κ1) is 12.0. The Labute approximate surface area is 111 Å². The Kier molecular flexibility index (Phi) is 3.55. The lowest BCUT2D eigenvalue weighted by atomic mass is 10.1. The number of hydrogen-bond donors (Lipinski definition) is 1. The van der Waals surface area contributed by atoms with Crippen LogP contribution in [0.4, 0.5) is 0 Å². The Morgan fingerprint density at radius 2 is 2.22 bits per heavy atom. The number of halogens is 1. The summed E-state index contributed by atoms with van der Waals surface area (Å²) in [5, 5.41) is 5.03. The molecule has 1 aliphatic rings. The van der Waals surface area contributed by atoms with Crippen LogP contribution in [-0.2, 0) is 11.3 Å². The molecule has 0 amide bonds. The number of furan rings is 1. The Balaban J connectivity index is 1.68. The number of ether oxygens (including phenoxy) is 1. The van der Waals surface area contributed by atoms with Crippen LogP contribution < -0.4 is 5.32 Å². The van der Waals surface area contributed by atoms with Gasteiger partial charge < -0.3 is 14.5 Å². The molecule has 1 aromatic heterocycles. The van der Waals surface area contributed by atoms with Crippen LogP contribution in [0.1, 0.15) is 12.0 Å². The summed E-state index contributed by atoms with van der Waals surface area (Å²) in [5.74, 6) is 0.627. The van der Waals surface area contributed by atoms with Crippen molar-refractivity contribution in [1.29, 1.82) is 0 Å². The monoisotopic (exact) mass is 265 g/mol. The van der Waals surface area contributed by atoms with E-state index in [1.54, 1.807) is 0 Å². The van der Waals surface area contributed by atoms with Gasteiger partial charge in [0, 0.05) is 30.6 Å². The smallest absolute Gasteiger partial charge is 0.199 e. The molecule has 0 aliphatic carbocycles. The predicted octanol–water partition coefficient (Wildman–Crippen LogP) is 3.21. The van der Waals surface area contributed by atoms with E-state index >= 15 is 0 Å². The summed E-state index contributed by atoms with van der Waals surface area (Å²) < 4.78 is 10.9. The third-order valence-electron chi connectivity index (χ3n) is 3.41.